The van der Waals surface area contributed by atoms with Gasteiger partial charge in [0.25, 0.3) is 5.91 Å². The second kappa shape index (κ2) is 7.15. The van der Waals surface area contributed by atoms with Crippen molar-refractivity contribution in [2.24, 2.45) is 0 Å². The van der Waals surface area contributed by atoms with Crippen LogP contribution >= 0.6 is 0 Å². The van der Waals surface area contributed by atoms with Gasteiger partial charge in [0, 0.05) is 44.6 Å². The fraction of sp³-hybridized carbons (Fsp3) is 0.444. The zero-order valence-electron chi connectivity index (χ0n) is 15.2. The normalized spacial score (nSPS) is 14.8. The van der Waals surface area contributed by atoms with Crippen LogP contribution in [0, 0.1) is 6.92 Å². The predicted octanol–water partition coefficient (Wildman–Crippen LogP) is 0.452. The highest BCUT2D eigenvalue weighted by atomic mass is 16.2. The Bertz CT molecular complexity index is 850. The number of aromatic nitrogens is 2. The van der Waals surface area contributed by atoms with E-state index in [1.165, 1.54) is 4.90 Å². The van der Waals surface area contributed by atoms with Gasteiger partial charge in [-0.05, 0) is 38.5 Å². The van der Waals surface area contributed by atoms with Gasteiger partial charge in [-0.2, -0.15) is 0 Å². The molecule has 8 heteroatoms. The summed E-state index contributed by atoms with van der Waals surface area (Å²) in [7, 11) is 0. The quantitative estimate of drug-likeness (QED) is 0.791. The molecule has 1 fully saturated rings. The molecule has 3 heterocycles. The lowest BCUT2D eigenvalue weighted by Crippen LogP contribution is -2.54. The summed E-state index contributed by atoms with van der Waals surface area (Å²) in [5.41, 5.74) is 2.19. The van der Waals surface area contributed by atoms with Crippen LogP contribution in [0.4, 0.5) is 0 Å². The number of rotatable bonds is 2. The van der Waals surface area contributed by atoms with E-state index in [0.717, 1.165) is 11.2 Å². The van der Waals surface area contributed by atoms with E-state index in [1.807, 2.05) is 29.7 Å². The summed E-state index contributed by atoms with van der Waals surface area (Å²) in [6.45, 7) is 7.02. The number of amides is 3. The van der Waals surface area contributed by atoms with Gasteiger partial charge in [-0.25, -0.2) is 4.98 Å². The van der Waals surface area contributed by atoms with E-state index in [1.54, 1.807) is 24.9 Å². The number of hydrogen-bond donors (Lipinski definition) is 1. The first-order valence-electron chi connectivity index (χ1n) is 8.69. The molecule has 0 saturated carbocycles. The van der Waals surface area contributed by atoms with E-state index in [2.05, 4.69) is 10.3 Å². The number of carbonyl (C=O) groups is 3. The van der Waals surface area contributed by atoms with Crippen molar-refractivity contribution in [1.29, 1.82) is 0 Å². The highest BCUT2D eigenvalue weighted by Crippen LogP contribution is 2.12. The minimum absolute atomic E-state index is 0.0898. The molecular weight excluding hydrogens is 334 g/mol. The largest absolute Gasteiger partial charge is 0.346 e. The van der Waals surface area contributed by atoms with Gasteiger partial charge in [0.1, 0.15) is 11.3 Å². The van der Waals surface area contributed by atoms with Gasteiger partial charge in [-0.15, -0.1) is 0 Å². The zero-order valence-corrected chi connectivity index (χ0v) is 15.2. The van der Waals surface area contributed by atoms with Gasteiger partial charge >= 0.3 is 11.8 Å². The smallest absolute Gasteiger partial charge is 0.312 e. The van der Waals surface area contributed by atoms with E-state index in [0.29, 0.717) is 31.9 Å². The topological polar surface area (TPSA) is 87.0 Å². The van der Waals surface area contributed by atoms with Crippen LogP contribution in [0.5, 0.6) is 0 Å². The molecule has 1 saturated heterocycles. The molecule has 0 spiro atoms. The maximum atomic E-state index is 12.7. The monoisotopic (exact) mass is 357 g/mol. The Kier molecular flexibility index (Phi) is 4.92. The van der Waals surface area contributed by atoms with Crippen LogP contribution in [0.1, 0.15) is 29.9 Å². The molecule has 0 bridgehead atoms. The van der Waals surface area contributed by atoms with Crippen molar-refractivity contribution in [2.45, 2.75) is 26.8 Å². The van der Waals surface area contributed by atoms with Gasteiger partial charge < -0.3 is 19.5 Å². The molecule has 26 heavy (non-hydrogen) atoms. The third kappa shape index (κ3) is 3.68. The average Bonchev–Trinajstić information content (AvgIpc) is 3.03. The van der Waals surface area contributed by atoms with Crippen LogP contribution in [0.25, 0.3) is 5.65 Å². The predicted molar refractivity (Wildman–Crippen MR) is 95.7 cm³/mol. The standard InChI is InChI=1S/C18H23N5O3/c1-12(2)19-16(24)18(26)22-8-6-21(7-9-22)17(25)14-11-23-5-4-13(3)10-15(23)20-14/h4-5,10-12H,6-9H2,1-3H3,(H,19,24). The molecule has 138 valence electrons. The molecule has 0 atom stereocenters. The Labute approximate surface area is 151 Å². The molecule has 3 amide bonds. The number of nitrogens with zero attached hydrogens (tertiary/aromatic N) is 4. The summed E-state index contributed by atoms with van der Waals surface area (Å²) in [6, 6.07) is 3.78. The number of carbonyl (C=O) groups excluding carboxylic acids is 3. The molecule has 1 aliphatic heterocycles. The second-order valence-electron chi connectivity index (χ2n) is 6.81. The summed E-state index contributed by atoms with van der Waals surface area (Å²) in [6.07, 6.45) is 3.59. The van der Waals surface area contributed by atoms with Crippen LogP contribution in [-0.4, -0.2) is 69.1 Å². The zero-order chi connectivity index (χ0) is 18.8. The SMILES string of the molecule is Cc1ccn2cc(C(=O)N3CCN(C(=O)C(=O)NC(C)C)CC3)nc2c1. The minimum atomic E-state index is -0.601. The third-order valence-corrected chi connectivity index (χ3v) is 4.30. The highest BCUT2D eigenvalue weighted by molar-refractivity contribution is 6.35. The number of fused-ring (bicyclic) bond motifs is 1. The number of hydrogen-bond acceptors (Lipinski definition) is 4. The maximum Gasteiger partial charge on any atom is 0.312 e. The molecule has 1 N–H and O–H groups in total. The number of piperazine rings is 1. The fourth-order valence-electron chi connectivity index (χ4n) is 2.93. The second-order valence-corrected chi connectivity index (χ2v) is 6.81. The highest BCUT2D eigenvalue weighted by Gasteiger charge is 2.29. The molecule has 0 radical (unpaired) electrons. The van der Waals surface area contributed by atoms with Gasteiger partial charge in [0.05, 0.1) is 0 Å². The van der Waals surface area contributed by atoms with Crippen molar-refractivity contribution in [3.63, 3.8) is 0 Å². The Hall–Kier alpha value is -2.90. The molecule has 3 rings (SSSR count). The van der Waals surface area contributed by atoms with Gasteiger partial charge in [-0.3, -0.25) is 14.4 Å². The summed E-state index contributed by atoms with van der Waals surface area (Å²) in [4.78, 5) is 44.2. The third-order valence-electron chi connectivity index (χ3n) is 4.30. The molecule has 0 aromatic carbocycles. The van der Waals surface area contributed by atoms with Crippen LogP contribution in [-0.2, 0) is 9.59 Å². The van der Waals surface area contributed by atoms with Crippen LogP contribution < -0.4 is 5.32 Å². The van der Waals surface area contributed by atoms with Crippen molar-refractivity contribution in [1.82, 2.24) is 24.5 Å². The van der Waals surface area contributed by atoms with Crippen molar-refractivity contribution in [3.8, 4) is 0 Å². The van der Waals surface area contributed by atoms with Crippen LogP contribution in [0.15, 0.2) is 24.5 Å². The first kappa shape index (κ1) is 17.9. The minimum Gasteiger partial charge on any atom is -0.346 e. The first-order chi connectivity index (χ1) is 12.3. The Morgan fingerprint density at radius 3 is 2.42 bits per heavy atom. The van der Waals surface area contributed by atoms with E-state index in [9.17, 15) is 14.4 Å². The summed E-state index contributed by atoms with van der Waals surface area (Å²) in [5.74, 6) is -1.31. The number of aryl methyl sites for hydroxylation is 1. The Morgan fingerprint density at radius 1 is 1.12 bits per heavy atom. The van der Waals surface area contributed by atoms with Crippen LogP contribution in [0.2, 0.25) is 0 Å². The van der Waals surface area contributed by atoms with Crippen molar-refractivity contribution >= 4 is 23.4 Å². The fourth-order valence-corrected chi connectivity index (χ4v) is 2.93. The molecule has 1 aliphatic rings. The van der Waals surface area contributed by atoms with Crippen molar-refractivity contribution in [2.75, 3.05) is 26.2 Å². The first-order valence-corrected chi connectivity index (χ1v) is 8.69. The Morgan fingerprint density at radius 2 is 1.77 bits per heavy atom. The molecule has 0 unspecified atom stereocenters. The van der Waals surface area contributed by atoms with Gasteiger partial charge in [0.2, 0.25) is 0 Å². The molecule has 2 aromatic heterocycles. The van der Waals surface area contributed by atoms with Gasteiger partial charge in [0.15, 0.2) is 0 Å². The summed E-state index contributed by atoms with van der Waals surface area (Å²) in [5, 5.41) is 2.60. The number of pyridine rings is 1. The van der Waals surface area contributed by atoms with Crippen molar-refractivity contribution in [3.05, 3.63) is 35.8 Å². The van der Waals surface area contributed by atoms with Gasteiger partial charge in [-0.1, -0.05) is 0 Å². The van der Waals surface area contributed by atoms with Crippen molar-refractivity contribution < 1.29 is 14.4 Å². The number of nitrogens with one attached hydrogen (secondary N) is 1. The van der Waals surface area contributed by atoms with E-state index >= 15 is 0 Å². The average molecular weight is 357 g/mol. The summed E-state index contributed by atoms with van der Waals surface area (Å²) >= 11 is 0. The molecular formula is C18H23N5O3. The molecule has 2 aromatic rings. The van der Waals surface area contributed by atoms with E-state index in [4.69, 9.17) is 0 Å². The Balaban J connectivity index is 1.62. The molecule has 0 aliphatic carbocycles. The summed E-state index contributed by atoms with van der Waals surface area (Å²) < 4.78 is 1.82. The lowest BCUT2D eigenvalue weighted by molar-refractivity contribution is -0.147. The maximum absolute atomic E-state index is 12.7. The lowest BCUT2D eigenvalue weighted by atomic mass is 10.2. The van der Waals surface area contributed by atoms with E-state index < -0.39 is 11.8 Å². The number of imidazole rings is 1. The van der Waals surface area contributed by atoms with E-state index in [-0.39, 0.29) is 11.9 Å². The lowest BCUT2D eigenvalue weighted by Gasteiger charge is -2.34. The molecule has 8 nitrogen and oxygen atoms in total. The van der Waals surface area contributed by atoms with Crippen LogP contribution in [0.3, 0.4) is 0 Å².